The van der Waals surface area contributed by atoms with E-state index in [1.807, 2.05) is 12.1 Å². The molecule has 0 amide bonds. The third-order valence-corrected chi connectivity index (χ3v) is 3.58. The fraction of sp³-hybridized carbons (Fsp3) is 0.333. The van der Waals surface area contributed by atoms with Crippen LogP contribution in [-0.2, 0) is 6.42 Å². The molecule has 1 aromatic carbocycles. The Morgan fingerprint density at radius 3 is 2.73 bits per heavy atom. The van der Waals surface area contributed by atoms with Gasteiger partial charge in [-0.3, -0.25) is 0 Å². The second-order valence-electron chi connectivity index (χ2n) is 4.15. The lowest BCUT2D eigenvalue weighted by molar-refractivity contribution is 0.499. The zero-order chi connectivity index (χ0) is 11.0. The molecule has 0 N–H and O–H groups in total. The fourth-order valence-electron chi connectivity index (χ4n) is 1.61. The predicted octanol–water partition coefficient (Wildman–Crippen LogP) is 4.68. The molecule has 1 heterocycles. The van der Waals surface area contributed by atoms with Gasteiger partial charge in [-0.15, -0.1) is 12.6 Å². The molecule has 0 radical (unpaired) electrons. The van der Waals surface area contributed by atoms with Gasteiger partial charge in [0, 0.05) is 21.2 Å². The summed E-state index contributed by atoms with van der Waals surface area (Å²) < 4.78 is 6.75. The van der Waals surface area contributed by atoms with Crippen molar-refractivity contribution in [1.82, 2.24) is 0 Å². The maximum atomic E-state index is 5.74. The molecule has 1 nitrogen and oxygen atoms in total. The Bertz CT molecular complexity index is 449. The van der Waals surface area contributed by atoms with Gasteiger partial charge in [-0.2, -0.15) is 0 Å². The Morgan fingerprint density at radius 2 is 2.07 bits per heavy atom. The van der Waals surface area contributed by atoms with E-state index in [0.717, 1.165) is 32.5 Å². The van der Waals surface area contributed by atoms with Gasteiger partial charge in [-0.05, 0) is 40.0 Å². The lowest BCUT2D eigenvalue weighted by atomic mass is 10.1. The van der Waals surface area contributed by atoms with E-state index in [1.165, 1.54) is 0 Å². The summed E-state index contributed by atoms with van der Waals surface area (Å²) in [6.45, 7) is 4.38. The Morgan fingerprint density at radius 1 is 1.33 bits per heavy atom. The molecule has 0 bridgehead atoms. The van der Waals surface area contributed by atoms with Crippen molar-refractivity contribution in [3.05, 3.63) is 28.4 Å². The maximum absolute atomic E-state index is 5.74. The number of benzene rings is 1. The second kappa shape index (κ2) is 4.22. The van der Waals surface area contributed by atoms with Crippen LogP contribution in [0.4, 0.5) is 0 Å². The Labute approximate surface area is 103 Å². The van der Waals surface area contributed by atoms with Crippen LogP contribution in [0.15, 0.2) is 32.0 Å². The first kappa shape index (κ1) is 11.1. The van der Waals surface area contributed by atoms with Crippen LogP contribution < -0.4 is 0 Å². The van der Waals surface area contributed by atoms with Gasteiger partial charge in [0.25, 0.3) is 0 Å². The average molecular weight is 285 g/mol. The highest BCUT2D eigenvalue weighted by Gasteiger charge is 2.07. The molecule has 15 heavy (non-hydrogen) atoms. The first-order valence-corrected chi connectivity index (χ1v) is 6.21. The van der Waals surface area contributed by atoms with Crippen LogP contribution in [0.2, 0.25) is 0 Å². The smallest absolute Gasteiger partial charge is 0.135 e. The van der Waals surface area contributed by atoms with Gasteiger partial charge in [-0.1, -0.05) is 13.8 Å². The molecule has 1 aromatic heterocycles. The molecule has 0 saturated heterocycles. The monoisotopic (exact) mass is 284 g/mol. The van der Waals surface area contributed by atoms with Crippen molar-refractivity contribution >= 4 is 39.5 Å². The zero-order valence-corrected chi connectivity index (χ0v) is 11.2. The van der Waals surface area contributed by atoms with Crippen LogP contribution in [0.3, 0.4) is 0 Å². The number of halogens is 1. The molecule has 0 aliphatic carbocycles. The minimum absolute atomic E-state index is 0.615. The normalized spacial score (nSPS) is 11.5. The van der Waals surface area contributed by atoms with Crippen LogP contribution >= 0.6 is 28.6 Å². The van der Waals surface area contributed by atoms with Crippen molar-refractivity contribution in [3.8, 4) is 0 Å². The molecule has 2 aromatic rings. The molecular formula is C12H13BrOS. The van der Waals surface area contributed by atoms with Crippen molar-refractivity contribution in [2.75, 3.05) is 0 Å². The van der Waals surface area contributed by atoms with Crippen molar-refractivity contribution in [3.63, 3.8) is 0 Å². The topological polar surface area (TPSA) is 13.1 Å². The van der Waals surface area contributed by atoms with Crippen LogP contribution in [0.1, 0.15) is 19.6 Å². The third-order valence-electron chi connectivity index (χ3n) is 2.25. The molecule has 0 saturated carbocycles. The van der Waals surface area contributed by atoms with Gasteiger partial charge in [0.1, 0.15) is 11.3 Å². The minimum atomic E-state index is 0.615. The summed E-state index contributed by atoms with van der Waals surface area (Å²) in [5, 5.41) is 1.13. The Kier molecular flexibility index (Phi) is 3.12. The molecular weight excluding hydrogens is 272 g/mol. The third kappa shape index (κ3) is 2.40. The minimum Gasteiger partial charge on any atom is -0.461 e. The van der Waals surface area contributed by atoms with E-state index in [0.29, 0.717) is 5.92 Å². The highest BCUT2D eigenvalue weighted by molar-refractivity contribution is 9.10. The molecule has 0 unspecified atom stereocenters. The summed E-state index contributed by atoms with van der Waals surface area (Å²) in [5.41, 5.74) is 0.916. The molecule has 80 valence electrons. The van der Waals surface area contributed by atoms with Gasteiger partial charge in [0.05, 0.1) is 0 Å². The number of hydrogen-bond acceptors (Lipinski definition) is 2. The summed E-state index contributed by atoms with van der Waals surface area (Å²) in [6, 6.07) is 6.10. The van der Waals surface area contributed by atoms with E-state index < -0.39 is 0 Å². The summed E-state index contributed by atoms with van der Waals surface area (Å²) in [7, 11) is 0. The highest BCUT2D eigenvalue weighted by Crippen LogP contribution is 2.29. The van der Waals surface area contributed by atoms with E-state index in [4.69, 9.17) is 4.42 Å². The average Bonchev–Trinajstić information content (AvgIpc) is 2.46. The lowest BCUT2D eigenvalue weighted by Crippen LogP contribution is -1.90. The Hall–Kier alpha value is -0.410. The second-order valence-corrected chi connectivity index (χ2v) is 5.49. The largest absolute Gasteiger partial charge is 0.461 e. The molecule has 0 atom stereocenters. The van der Waals surface area contributed by atoms with Gasteiger partial charge >= 0.3 is 0 Å². The van der Waals surface area contributed by atoms with Crippen molar-refractivity contribution < 1.29 is 4.42 Å². The summed E-state index contributed by atoms with van der Waals surface area (Å²) >= 11 is 7.80. The SMILES string of the molecule is CC(C)Cc1cc2cc(Br)c(S)cc2o1. The molecule has 0 spiro atoms. The van der Waals surface area contributed by atoms with E-state index in [9.17, 15) is 0 Å². The van der Waals surface area contributed by atoms with Crippen molar-refractivity contribution in [1.29, 1.82) is 0 Å². The molecule has 0 fully saturated rings. The van der Waals surface area contributed by atoms with E-state index in [-0.39, 0.29) is 0 Å². The Balaban J connectivity index is 2.47. The molecule has 2 rings (SSSR count). The van der Waals surface area contributed by atoms with E-state index >= 15 is 0 Å². The molecule has 3 heteroatoms. The first-order valence-electron chi connectivity index (χ1n) is 4.97. The summed E-state index contributed by atoms with van der Waals surface area (Å²) in [6.07, 6.45) is 0.980. The maximum Gasteiger partial charge on any atom is 0.135 e. The van der Waals surface area contributed by atoms with Crippen molar-refractivity contribution in [2.45, 2.75) is 25.2 Å². The number of thiol groups is 1. The number of hydrogen-bond donors (Lipinski definition) is 1. The standard InChI is InChI=1S/C12H13BrOS/c1-7(2)3-9-4-8-5-10(13)12(15)6-11(8)14-9/h4-7,15H,3H2,1-2H3. The number of furan rings is 1. The zero-order valence-electron chi connectivity index (χ0n) is 8.75. The fourth-order valence-corrected chi connectivity index (χ4v) is 2.15. The highest BCUT2D eigenvalue weighted by atomic mass is 79.9. The van der Waals surface area contributed by atoms with Crippen LogP contribution in [0.25, 0.3) is 11.0 Å². The van der Waals surface area contributed by atoms with Gasteiger partial charge in [0.2, 0.25) is 0 Å². The predicted molar refractivity (Wildman–Crippen MR) is 69.7 cm³/mol. The number of fused-ring (bicyclic) bond motifs is 1. The van der Waals surface area contributed by atoms with E-state index in [2.05, 4.69) is 48.5 Å². The number of rotatable bonds is 2. The first-order chi connectivity index (χ1) is 7.06. The van der Waals surface area contributed by atoms with Crippen molar-refractivity contribution in [2.24, 2.45) is 5.92 Å². The van der Waals surface area contributed by atoms with Crippen LogP contribution in [0, 0.1) is 5.92 Å². The molecule has 0 aliphatic rings. The summed E-state index contributed by atoms with van der Waals surface area (Å²) in [4.78, 5) is 0.910. The van der Waals surface area contributed by atoms with Crippen LogP contribution in [0.5, 0.6) is 0 Å². The molecule has 0 aliphatic heterocycles. The van der Waals surface area contributed by atoms with Gasteiger partial charge < -0.3 is 4.42 Å². The summed E-state index contributed by atoms with van der Waals surface area (Å²) in [5.74, 6) is 1.66. The van der Waals surface area contributed by atoms with E-state index in [1.54, 1.807) is 0 Å². The van der Waals surface area contributed by atoms with Crippen LogP contribution in [-0.4, -0.2) is 0 Å². The lowest BCUT2D eigenvalue weighted by Gasteiger charge is -1.98. The quantitative estimate of drug-likeness (QED) is 0.790. The van der Waals surface area contributed by atoms with Gasteiger partial charge in [-0.25, -0.2) is 0 Å². The van der Waals surface area contributed by atoms with Gasteiger partial charge in [0.15, 0.2) is 0 Å².